The Hall–Kier alpha value is -1.91. The van der Waals surface area contributed by atoms with Gasteiger partial charge in [-0.05, 0) is 17.7 Å². The summed E-state index contributed by atoms with van der Waals surface area (Å²) < 4.78 is 12.0. The van der Waals surface area contributed by atoms with Crippen molar-refractivity contribution in [2.45, 2.75) is 12.2 Å². The molecule has 20 heavy (non-hydrogen) atoms. The molecule has 0 bridgehead atoms. The second kappa shape index (κ2) is 6.50. The highest BCUT2D eigenvalue weighted by Crippen LogP contribution is 2.26. The van der Waals surface area contributed by atoms with Gasteiger partial charge in [0.25, 0.3) is 0 Å². The summed E-state index contributed by atoms with van der Waals surface area (Å²) >= 11 is 0. The summed E-state index contributed by atoms with van der Waals surface area (Å²) in [7, 11) is 0. The molecule has 2 aromatic rings. The van der Waals surface area contributed by atoms with Gasteiger partial charge in [0, 0.05) is 19.3 Å². The van der Waals surface area contributed by atoms with Crippen molar-refractivity contribution in [1.82, 2.24) is 10.3 Å². The van der Waals surface area contributed by atoms with E-state index in [1.165, 1.54) is 0 Å². The first-order valence-electron chi connectivity index (χ1n) is 6.87. The number of nitrogens with one attached hydrogen (secondary N) is 1. The first-order valence-corrected chi connectivity index (χ1v) is 6.87. The van der Waals surface area contributed by atoms with Crippen LogP contribution in [0.3, 0.4) is 0 Å². The monoisotopic (exact) mass is 270 g/mol. The summed E-state index contributed by atoms with van der Waals surface area (Å²) in [5, 5.41) is 3.35. The highest BCUT2D eigenvalue weighted by Gasteiger charge is 2.27. The lowest BCUT2D eigenvalue weighted by Crippen LogP contribution is -2.43. The van der Waals surface area contributed by atoms with Crippen molar-refractivity contribution < 1.29 is 9.47 Å². The Morgan fingerprint density at radius 2 is 2.10 bits per heavy atom. The molecule has 4 nitrogen and oxygen atoms in total. The van der Waals surface area contributed by atoms with E-state index in [9.17, 15) is 0 Å². The summed E-state index contributed by atoms with van der Waals surface area (Å²) in [5.74, 6) is 0.760. The molecule has 2 atom stereocenters. The summed E-state index contributed by atoms with van der Waals surface area (Å²) in [5.41, 5.74) is 1.12. The van der Waals surface area contributed by atoms with Gasteiger partial charge in [0.1, 0.15) is 11.9 Å². The van der Waals surface area contributed by atoms with Gasteiger partial charge in [-0.25, -0.2) is 0 Å². The van der Waals surface area contributed by atoms with Crippen molar-refractivity contribution in [3.05, 3.63) is 60.4 Å². The molecule has 1 unspecified atom stereocenters. The number of hydrogen-bond acceptors (Lipinski definition) is 4. The third-order valence-electron chi connectivity index (χ3n) is 3.32. The van der Waals surface area contributed by atoms with Crippen LogP contribution in [0, 0.1) is 0 Å². The Bertz CT molecular complexity index is 513. The second-order valence-electron chi connectivity index (χ2n) is 4.75. The maximum absolute atomic E-state index is 6.11. The standard InChI is InChI=1S/C16H18N2O2/c1-2-5-13(6-3-1)16(15-12-18-9-10-19-15)20-14-7-4-8-17-11-14/h1-8,11,15-16,18H,9-10,12H2/t15-,16?/m0/s1. The van der Waals surface area contributed by atoms with E-state index in [1.54, 1.807) is 12.4 Å². The fourth-order valence-corrected chi connectivity index (χ4v) is 2.34. The van der Waals surface area contributed by atoms with E-state index < -0.39 is 0 Å². The van der Waals surface area contributed by atoms with Crippen LogP contribution in [0.1, 0.15) is 11.7 Å². The Morgan fingerprint density at radius 3 is 2.80 bits per heavy atom. The minimum Gasteiger partial charge on any atom is -0.481 e. The third-order valence-corrected chi connectivity index (χ3v) is 3.32. The van der Waals surface area contributed by atoms with Gasteiger partial charge in [0.2, 0.25) is 0 Å². The average Bonchev–Trinajstić information content (AvgIpc) is 2.55. The molecule has 0 amide bonds. The van der Waals surface area contributed by atoms with E-state index in [2.05, 4.69) is 22.4 Å². The predicted octanol–water partition coefficient (Wildman–Crippen LogP) is 2.19. The van der Waals surface area contributed by atoms with Crippen LogP contribution in [0.15, 0.2) is 54.9 Å². The van der Waals surface area contributed by atoms with Crippen LogP contribution in [0.2, 0.25) is 0 Å². The summed E-state index contributed by atoms with van der Waals surface area (Å²) in [6.45, 7) is 2.40. The molecule has 1 aromatic heterocycles. The molecule has 3 rings (SSSR count). The summed E-state index contributed by atoms with van der Waals surface area (Å²) in [6, 6.07) is 14.0. The lowest BCUT2D eigenvalue weighted by atomic mass is 10.0. The molecular weight excluding hydrogens is 252 g/mol. The quantitative estimate of drug-likeness (QED) is 0.925. The SMILES string of the molecule is c1ccc(C(Oc2cccnc2)[C@@H]2CNCCO2)cc1. The molecule has 1 aliphatic heterocycles. The smallest absolute Gasteiger partial charge is 0.151 e. The minimum atomic E-state index is -0.131. The third kappa shape index (κ3) is 3.15. The van der Waals surface area contributed by atoms with Gasteiger partial charge in [0.15, 0.2) is 6.10 Å². The molecule has 0 spiro atoms. The molecule has 2 heterocycles. The van der Waals surface area contributed by atoms with Crippen molar-refractivity contribution in [1.29, 1.82) is 0 Å². The van der Waals surface area contributed by atoms with Gasteiger partial charge in [-0.15, -0.1) is 0 Å². The van der Waals surface area contributed by atoms with E-state index in [0.717, 1.165) is 24.4 Å². The number of nitrogens with zero attached hydrogens (tertiary/aromatic N) is 1. The molecule has 104 valence electrons. The molecular formula is C16H18N2O2. The van der Waals surface area contributed by atoms with E-state index in [1.807, 2.05) is 30.3 Å². The largest absolute Gasteiger partial charge is 0.481 e. The van der Waals surface area contributed by atoms with Gasteiger partial charge in [0.05, 0.1) is 12.8 Å². The molecule has 0 saturated carbocycles. The van der Waals surface area contributed by atoms with Gasteiger partial charge in [-0.3, -0.25) is 4.98 Å². The van der Waals surface area contributed by atoms with Crippen LogP contribution in [0.25, 0.3) is 0 Å². The zero-order chi connectivity index (χ0) is 13.6. The van der Waals surface area contributed by atoms with E-state index in [-0.39, 0.29) is 12.2 Å². The van der Waals surface area contributed by atoms with E-state index in [0.29, 0.717) is 6.61 Å². The number of benzene rings is 1. The van der Waals surface area contributed by atoms with Crippen LogP contribution < -0.4 is 10.1 Å². The number of ether oxygens (including phenoxy) is 2. The topological polar surface area (TPSA) is 43.4 Å². The molecule has 1 fully saturated rings. The zero-order valence-electron chi connectivity index (χ0n) is 11.2. The van der Waals surface area contributed by atoms with Crippen LogP contribution in [0.5, 0.6) is 5.75 Å². The summed E-state index contributed by atoms with van der Waals surface area (Å²) in [6.07, 6.45) is 3.34. The highest BCUT2D eigenvalue weighted by molar-refractivity contribution is 5.23. The molecule has 1 aliphatic rings. The normalized spacial score (nSPS) is 20.3. The number of hydrogen-bond donors (Lipinski definition) is 1. The van der Waals surface area contributed by atoms with Crippen LogP contribution in [-0.4, -0.2) is 30.8 Å². The first-order chi connectivity index (χ1) is 9.93. The van der Waals surface area contributed by atoms with Crippen molar-refractivity contribution in [2.24, 2.45) is 0 Å². The highest BCUT2D eigenvalue weighted by atomic mass is 16.5. The van der Waals surface area contributed by atoms with Crippen molar-refractivity contribution in [3.8, 4) is 5.75 Å². The van der Waals surface area contributed by atoms with Gasteiger partial charge in [-0.1, -0.05) is 30.3 Å². The Balaban J connectivity index is 1.83. The van der Waals surface area contributed by atoms with Crippen LogP contribution >= 0.6 is 0 Å². The summed E-state index contributed by atoms with van der Waals surface area (Å²) in [4.78, 5) is 4.10. The van der Waals surface area contributed by atoms with Gasteiger partial charge < -0.3 is 14.8 Å². The van der Waals surface area contributed by atoms with Crippen molar-refractivity contribution in [3.63, 3.8) is 0 Å². The second-order valence-corrected chi connectivity index (χ2v) is 4.75. The van der Waals surface area contributed by atoms with Crippen LogP contribution in [-0.2, 0) is 4.74 Å². The fraction of sp³-hybridized carbons (Fsp3) is 0.312. The molecule has 1 saturated heterocycles. The molecule has 4 heteroatoms. The minimum absolute atomic E-state index is 0.00589. The van der Waals surface area contributed by atoms with E-state index >= 15 is 0 Å². The predicted molar refractivity (Wildman–Crippen MR) is 76.7 cm³/mol. The van der Waals surface area contributed by atoms with E-state index in [4.69, 9.17) is 9.47 Å². The maximum atomic E-state index is 6.11. The molecule has 1 N–H and O–H groups in total. The number of aromatic nitrogens is 1. The first kappa shape index (κ1) is 13.1. The maximum Gasteiger partial charge on any atom is 0.151 e. The van der Waals surface area contributed by atoms with Crippen molar-refractivity contribution in [2.75, 3.05) is 19.7 Å². The molecule has 0 aliphatic carbocycles. The number of pyridine rings is 1. The van der Waals surface area contributed by atoms with Crippen molar-refractivity contribution >= 4 is 0 Å². The number of rotatable bonds is 4. The van der Waals surface area contributed by atoms with Crippen LogP contribution in [0.4, 0.5) is 0 Å². The van der Waals surface area contributed by atoms with Gasteiger partial charge in [-0.2, -0.15) is 0 Å². The number of morpholine rings is 1. The Morgan fingerprint density at radius 1 is 1.20 bits per heavy atom. The molecule has 1 aromatic carbocycles. The average molecular weight is 270 g/mol. The van der Waals surface area contributed by atoms with Gasteiger partial charge >= 0.3 is 0 Å². The Labute approximate surface area is 118 Å². The fourth-order valence-electron chi connectivity index (χ4n) is 2.34. The zero-order valence-corrected chi connectivity index (χ0v) is 11.2. The Kier molecular flexibility index (Phi) is 4.25. The lowest BCUT2D eigenvalue weighted by Gasteiger charge is -2.31. The lowest BCUT2D eigenvalue weighted by molar-refractivity contribution is -0.0433. The molecule has 0 radical (unpaired) electrons.